The third kappa shape index (κ3) is 8.69. The monoisotopic (exact) mass is 774 g/mol. The lowest BCUT2D eigenvalue weighted by Crippen LogP contribution is -2.50. The van der Waals surface area contributed by atoms with Gasteiger partial charge in [0.2, 0.25) is 0 Å². The highest BCUT2D eigenvalue weighted by molar-refractivity contribution is 6.03. The van der Waals surface area contributed by atoms with Crippen LogP contribution in [0.25, 0.3) is 0 Å². The van der Waals surface area contributed by atoms with Gasteiger partial charge in [0.25, 0.3) is 0 Å². The van der Waals surface area contributed by atoms with Crippen LogP contribution in [-0.2, 0) is 33.5 Å². The molecule has 2 bridgehead atoms. The van der Waals surface area contributed by atoms with E-state index in [4.69, 9.17) is 37.9 Å². The minimum Gasteiger partial charge on any atom is -0.486 e. The van der Waals surface area contributed by atoms with Crippen molar-refractivity contribution in [3.8, 4) is 40.2 Å². The van der Waals surface area contributed by atoms with Crippen LogP contribution < -0.4 is 33.2 Å². The molecule has 0 unspecified atom stereocenters. The van der Waals surface area contributed by atoms with Crippen molar-refractivity contribution in [3.63, 3.8) is 0 Å². The number of fused-ring (bicyclic) bond motifs is 4. The summed E-state index contributed by atoms with van der Waals surface area (Å²) in [5, 5.41) is 0. The Morgan fingerprint density at radius 1 is 0.589 bits per heavy atom. The molecule has 3 aromatic carbocycles. The van der Waals surface area contributed by atoms with E-state index in [1.54, 1.807) is 6.92 Å². The van der Waals surface area contributed by atoms with Crippen LogP contribution in [0.4, 0.5) is 0 Å². The van der Waals surface area contributed by atoms with E-state index in [-0.39, 0.29) is 69.8 Å². The summed E-state index contributed by atoms with van der Waals surface area (Å²) in [5.41, 5.74) is -1.27. The standard InChI is InChI=1S/C40H38O16/c1-18(41)50-24-9-11-26(30(13-24)52-20(3)43)28-16-40(7)17-29(34(28)37(47)27-12-10-25(51-19(2)42)14-31(27)53-21(4)44)35-32(54-22(5)45)15-33(55-23(6)46)36(38(35)56-40)39(48)49-8/h9-15,28-29,34H,16-17H2,1-8H3/t28-,29+,34-,40+/m1/s1. The fourth-order valence-corrected chi connectivity index (χ4v) is 7.33. The van der Waals surface area contributed by atoms with E-state index in [1.807, 2.05) is 0 Å². The maximum atomic E-state index is 15.3. The molecule has 2 aliphatic rings. The van der Waals surface area contributed by atoms with Gasteiger partial charge in [-0.05, 0) is 43.5 Å². The molecule has 1 heterocycles. The largest absolute Gasteiger partial charge is 0.486 e. The number of rotatable bonds is 10. The van der Waals surface area contributed by atoms with Crippen LogP contribution in [0, 0.1) is 5.92 Å². The van der Waals surface area contributed by atoms with Gasteiger partial charge in [-0.25, -0.2) is 4.79 Å². The van der Waals surface area contributed by atoms with Crippen molar-refractivity contribution in [1.29, 1.82) is 0 Å². The van der Waals surface area contributed by atoms with Crippen molar-refractivity contribution in [2.45, 2.75) is 78.7 Å². The minimum atomic E-state index is -1.22. The van der Waals surface area contributed by atoms with Crippen molar-refractivity contribution in [3.05, 3.63) is 64.7 Å². The normalized spacial score (nSPS) is 19.2. The fraction of sp³-hybridized carbons (Fsp3) is 0.350. The first-order valence-electron chi connectivity index (χ1n) is 17.2. The average molecular weight is 775 g/mol. The first-order valence-corrected chi connectivity index (χ1v) is 17.2. The Hall–Kier alpha value is -6.58. The van der Waals surface area contributed by atoms with E-state index >= 15 is 4.79 Å². The Balaban J connectivity index is 1.86. The highest BCUT2D eigenvalue weighted by atomic mass is 16.6. The van der Waals surface area contributed by atoms with E-state index in [2.05, 4.69) is 0 Å². The van der Waals surface area contributed by atoms with E-state index in [0.29, 0.717) is 5.56 Å². The van der Waals surface area contributed by atoms with Gasteiger partial charge >= 0.3 is 41.8 Å². The molecule has 3 aromatic rings. The number of esters is 7. The predicted molar refractivity (Wildman–Crippen MR) is 190 cm³/mol. The van der Waals surface area contributed by atoms with Crippen LogP contribution in [0.5, 0.6) is 40.2 Å². The van der Waals surface area contributed by atoms with Gasteiger partial charge in [-0.3, -0.25) is 33.6 Å². The number of ketones is 1. The van der Waals surface area contributed by atoms with Crippen LogP contribution >= 0.6 is 0 Å². The van der Waals surface area contributed by atoms with Crippen LogP contribution in [0.3, 0.4) is 0 Å². The molecule has 16 nitrogen and oxygen atoms in total. The summed E-state index contributed by atoms with van der Waals surface area (Å²) in [6.45, 7) is 8.58. The van der Waals surface area contributed by atoms with Gasteiger partial charge in [-0.15, -0.1) is 0 Å². The molecule has 16 heteroatoms. The summed E-state index contributed by atoms with van der Waals surface area (Å²) in [6, 6.07) is 9.32. The second-order valence-corrected chi connectivity index (χ2v) is 13.5. The molecule has 0 aromatic heterocycles. The minimum absolute atomic E-state index is 0.0102. The molecule has 0 saturated heterocycles. The summed E-state index contributed by atoms with van der Waals surface area (Å²) >= 11 is 0. The van der Waals surface area contributed by atoms with Gasteiger partial charge in [0.15, 0.2) is 11.5 Å². The zero-order valence-corrected chi connectivity index (χ0v) is 31.7. The molecule has 1 aliphatic carbocycles. The lowest BCUT2D eigenvalue weighted by Gasteiger charge is -2.51. The van der Waals surface area contributed by atoms with Gasteiger partial charge in [0.1, 0.15) is 45.7 Å². The second kappa shape index (κ2) is 16.0. The first-order chi connectivity index (χ1) is 26.3. The van der Waals surface area contributed by atoms with Crippen molar-refractivity contribution >= 4 is 47.6 Å². The average Bonchev–Trinajstić information content (AvgIpc) is 3.06. The molecule has 0 radical (unpaired) electrons. The molecule has 5 rings (SSSR count). The number of hydrogen-bond donors (Lipinski definition) is 0. The molecular formula is C40H38O16. The third-order valence-electron chi connectivity index (χ3n) is 8.97. The van der Waals surface area contributed by atoms with Crippen LogP contribution in [0.1, 0.15) is 105 Å². The zero-order valence-electron chi connectivity index (χ0n) is 31.7. The van der Waals surface area contributed by atoms with Gasteiger partial charge in [-0.2, -0.15) is 0 Å². The Bertz CT molecular complexity index is 2180. The molecule has 0 amide bonds. The number of carbonyl (C=O) groups excluding carboxylic acids is 8. The summed E-state index contributed by atoms with van der Waals surface area (Å²) < 4.78 is 44.2. The molecule has 1 aliphatic heterocycles. The smallest absolute Gasteiger partial charge is 0.345 e. The quantitative estimate of drug-likeness (QED) is 0.145. The van der Waals surface area contributed by atoms with Gasteiger partial charge in [-0.1, -0.05) is 6.07 Å². The maximum absolute atomic E-state index is 15.3. The van der Waals surface area contributed by atoms with Crippen LogP contribution in [0.2, 0.25) is 0 Å². The number of benzene rings is 3. The van der Waals surface area contributed by atoms with E-state index in [0.717, 1.165) is 40.9 Å². The molecule has 294 valence electrons. The molecule has 1 saturated carbocycles. The summed E-state index contributed by atoms with van der Waals surface area (Å²) in [5.74, 6) is -10.1. The second-order valence-electron chi connectivity index (χ2n) is 13.5. The SMILES string of the molecule is COC(=O)c1c(OC(C)=O)cc(OC(C)=O)c2c1O[C@@]1(C)C[C@H](c3ccc(OC(C)=O)cc3OC(C)=O)[C@@H](C(=O)c3ccc(OC(C)=O)cc3OC(C)=O)[C@@H]2C1. The van der Waals surface area contributed by atoms with Gasteiger partial charge < -0.3 is 37.9 Å². The van der Waals surface area contributed by atoms with Gasteiger partial charge in [0.05, 0.1) is 12.7 Å². The molecule has 56 heavy (non-hydrogen) atoms. The zero-order chi connectivity index (χ0) is 41.2. The van der Waals surface area contributed by atoms with Crippen LogP contribution in [0.15, 0.2) is 42.5 Å². The van der Waals surface area contributed by atoms with Gasteiger partial charge in [0, 0.05) is 83.1 Å². The van der Waals surface area contributed by atoms with Crippen molar-refractivity contribution < 1.29 is 76.3 Å². The third-order valence-corrected chi connectivity index (χ3v) is 8.97. The van der Waals surface area contributed by atoms with E-state index in [1.165, 1.54) is 50.2 Å². The Morgan fingerprint density at radius 3 is 1.62 bits per heavy atom. The lowest BCUT2D eigenvalue weighted by molar-refractivity contribution is -0.133. The number of methoxy groups -OCH3 is 1. The molecular weight excluding hydrogens is 736 g/mol. The summed E-state index contributed by atoms with van der Waals surface area (Å²) in [7, 11) is 1.10. The number of hydrogen-bond acceptors (Lipinski definition) is 16. The predicted octanol–water partition coefficient (Wildman–Crippen LogP) is 5.34. The first kappa shape index (κ1) is 40.6. The number of carbonyl (C=O) groups is 8. The van der Waals surface area contributed by atoms with Crippen molar-refractivity contribution in [2.75, 3.05) is 7.11 Å². The Labute approximate surface area is 320 Å². The lowest BCUT2D eigenvalue weighted by atomic mass is 9.58. The fourth-order valence-electron chi connectivity index (χ4n) is 7.33. The number of ether oxygens (including phenoxy) is 8. The van der Waals surface area contributed by atoms with Crippen molar-refractivity contribution in [1.82, 2.24) is 0 Å². The van der Waals surface area contributed by atoms with Crippen molar-refractivity contribution in [2.24, 2.45) is 5.92 Å². The summed E-state index contributed by atoms with van der Waals surface area (Å²) in [4.78, 5) is 102. The Morgan fingerprint density at radius 2 is 1.07 bits per heavy atom. The van der Waals surface area contributed by atoms with Crippen LogP contribution in [-0.4, -0.2) is 60.3 Å². The highest BCUT2D eigenvalue weighted by Gasteiger charge is 2.55. The molecule has 1 fully saturated rings. The Kier molecular flexibility index (Phi) is 11.6. The maximum Gasteiger partial charge on any atom is 0.345 e. The van der Waals surface area contributed by atoms with E-state index < -0.39 is 70.9 Å². The highest BCUT2D eigenvalue weighted by Crippen LogP contribution is 2.62. The number of Topliss-reactive ketones (excluding diaryl/α,β-unsaturated/α-hetero) is 1. The van der Waals surface area contributed by atoms with E-state index in [9.17, 15) is 33.6 Å². The molecule has 0 N–H and O–H groups in total. The molecule has 4 atom stereocenters. The molecule has 0 spiro atoms. The summed E-state index contributed by atoms with van der Waals surface area (Å²) in [6.07, 6.45) is 0.0911. The topological polar surface area (TPSA) is 210 Å².